The lowest BCUT2D eigenvalue weighted by molar-refractivity contribution is -0.121. The van der Waals surface area contributed by atoms with Gasteiger partial charge in [-0.1, -0.05) is 30.3 Å². The van der Waals surface area contributed by atoms with E-state index in [1.807, 2.05) is 54.6 Å². The van der Waals surface area contributed by atoms with E-state index >= 15 is 0 Å². The SMILES string of the molecule is CC(=O)COCc1ccc(Oc2ccccc2)cc1. The van der Waals surface area contributed by atoms with Gasteiger partial charge in [0.05, 0.1) is 6.61 Å². The van der Waals surface area contributed by atoms with Crippen LogP contribution in [0.25, 0.3) is 0 Å². The highest BCUT2D eigenvalue weighted by atomic mass is 16.5. The van der Waals surface area contributed by atoms with Crippen molar-refractivity contribution in [3.05, 3.63) is 60.2 Å². The molecule has 3 nitrogen and oxygen atoms in total. The molecule has 2 rings (SSSR count). The number of rotatable bonds is 6. The van der Waals surface area contributed by atoms with Crippen LogP contribution in [0, 0.1) is 0 Å². The van der Waals surface area contributed by atoms with Crippen molar-refractivity contribution >= 4 is 5.78 Å². The fraction of sp³-hybridized carbons (Fsp3) is 0.188. The highest BCUT2D eigenvalue weighted by Crippen LogP contribution is 2.21. The molecular formula is C16H16O3. The van der Waals surface area contributed by atoms with Gasteiger partial charge < -0.3 is 9.47 Å². The third kappa shape index (κ3) is 4.56. The number of ether oxygens (including phenoxy) is 2. The second kappa shape index (κ2) is 6.71. The zero-order valence-corrected chi connectivity index (χ0v) is 10.8. The maximum Gasteiger partial charge on any atom is 0.155 e. The third-order valence-electron chi connectivity index (χ3n) is 2.48. The molecular weight excluding hydrogens is 240 g/mol. The van der Waals surface area contributed by atoms with E-state index in [1.165, 1.54) is 6.92 Å². The first-order valence-corrected chi connectivity index (χ1v) is 6.13. The first-order valence-electron chi connectivity index (χ1n) is 6.13. The van der Waals surface area contributed by atoms with Gasteiger partial charge in [0.2, 0.25) is 0 Å². The summed E-state index contributed by atoms with van der Waals surface area (Å²) in [7, 11) is 0. The Balaban J connectivity index is 1.89. The van der Waals surface area contributed by atoms with E-state index in [1.54, 1.807) is 0 Å². The van der Waals surface area contributed by atoms with Gasteiger partial charge in [0.15, 0.2) is 5.78 Å². The van der Waals surface area contributed by atoms with E-state index in [0.29, 0.717) is 6.61 Å². The van der Waals surface area contributed by atoms with Crippen molar-refractivity contribution in [1.29, 1.82) is 0 Å². The second-order valence-electron chi connectivity index (χ2n) is 4.25. The van der Waals surface area contributed by atoms with Gasteiger partial charge in [0.25, 0.3) is 0 Å². The Bertz CT molecular complexity index is 517. The number of carbonyl (C=O) groups is 1. The second-order valence-corrected chi connectivity index (χ2v) is 4.25. The molecule has 0 N–H and O–H groups in total. The van der Waals surface area contributed by atoms with Gasteiger partial charge in [0.1, 0.15) is 18.1 Å². The molecule has 0 aliphatic carbocycles. The van der Waals surface area contributed by atoms with E-state index in [-0.39, 0.29) is 12.4 Å². The number of hydrogen-bond donors (Lipinski definition) is 0. The Kier molecular flexibility index (Phi) is 4.70. The Morgan fingerprint density at radius 1 is 0.947 bits per heavy atom. The van der Waals surface area contributed by atoms with Crippen LogP contribution in [-0.4, -0.2) is 12.4 Å². The molecule has 0 atom stereocenters. The van der Waals surface area contributed by atoms with Crippen LogP contribution in [-0.2, 0) is 16.1 Å². The van der Waals surface area contributed by atoms with Crippen LogP contribution in [0.2, 0.25) is 0 Å². The number of para-hydroxylation sites is 1. The van der Waals surface area contributed by atoms with Crippen LogP contribution in [0.4, 0.5) is 0 Å². The summed E-state index contributed by atoms with van der Waals surface area (Å²) in [5.74, 6) is 1.62. The van der Waals surface area contributed by atoms with E-state index in [9.17, 15) is 4.79 Å². The molecule has 98 valence electrons. The molecule has 0 radical (unpaired) electrons. The van der Waals surface area contributed by atoms with Crippen LogP contribution in [0.3, 0.4) is 0 Å². The number of ketones is 1. The molecule has 0 unspecified atom stereocenters. The minimum atomic E-state index is 0.0315. The third-order valence-corrected chi connectivity index (χ3v) is 2.48. The van der Waals surface area contributed by atoms with E-state index in [0.717, 1.165) is 17.1 Å². The minimum absolute atomic E-state index is 0.0315. The van der Waals surface area contributed by atoms with Gasteiger partial charge in [-0.05, 0) is 36.8 Å². The number of Topliss-reactive ketones (excluding diaryl/α,β-unsaturated/α-hetero) is 1. The van der Waals surface area contributed by atoms with E-state index in [2.05, 4.69) is 0 Å². The Morgan fingerprint density at radius 2 is 1.58 bits per heavy atom. The quantitative estimate of drug-likeness (QED) is 0.792. The van der Waals surface area contributed by atoms with Crippen molar-refractivity contribution in [3.8, 4) is 11.5 Å². The van der Waals surface area contributed by atoms with Crippen LogP contribution < -0.4 is 4.74 Å². The molecule has 0 heterocycles. The topological polar surface area (TPSA) is 35.5 Å². The first kappa shape index (κ1) is 13.3. The summed E-state index contributed by atoms with van der Waals surface area (Å²) in [4.78, 5) is 10.7. The molecule has 0 aliphatic rings. The molecule has 0 fully saturated rings. The number of carbonyl (C=O) groups excluding carboxylic acids is 1. The smallest absolute Gasteiger partial charge is 0.155 e. The zero-order valence-electron chi connectivity index (χ0n) is 10.8. The summed E-state index contributed by atoms with van der Waals surface area (Å²) in [6.45, 7) is 2.10. The van der Waals surface area contributed by atoms with Crippen molar-refractivity contribution in [1.82, 2.24) is 0 Å². The van der Waals surface area contributed by atoms with E-state index < -0.39 is 0 Å². The lowest BCUT2D eigenvalue weighted by Crippen LogP contribution is -2.03. The molecule has 0 saturated carbocycles. The summed E-state index contributed by atoms with van der Waals surface area (Å²) in [5, 5.41) is 0. The number of hydrogen-bond acceptors (Lipinski definition) is 3. The summed E-state index contributed by atoms with van der Waals surface area (Å²) in [6, 6.07) is 17.3. The van der Waals surface area contributed by atoms with Gasteiger partial charge >= 0.3 is 0 Å². The highest BCUT2D eigenvalue weighted by molar-refractivity contribution is 5.76. The van der Waals surface area contributed by atoms with Crippen molar-refractivity contribution in [2.45, 2.75) is 13.5 Å². The minimum Gasteiger partial charge on any atom is -0.457 e. The molecule has 0 saturated heterocycles. The molecule has 3 heteroatoms. The fourth-order valence-corrected chi connectivity index (χ4v) is 1.59. The summed E-state index contributed by atoms with van der Waals surface area (Å²) >= 11 is 0. The normalized spacial score (nSPS) is 10.2. The maximum absolute atomic E-state index is 10.7. The molecule has 0 aromatic heterocycles. The van der Waals surface area contributed by atoms with Crippen LogP contribution >= 0.6 is 0 Å². The van der Waals surface area contributed by atoms with Crippen molar-refractivity contribution in [2.75, 3.05) is 6.61 Å². The fourth-order valence-electron chi connectivity index (χ4n) is 1.59. The van der Waals surface area contributed by atoms with Crippen LogP contribution in [0.5, 0.6) is 11.5 Å². The van der Waals surface area contributed by atoms with Crippen molar-refractivity contribution in [2.24, 2.45) is 0 Å². The van der Waals surface area contributed by atoms with Gasteiger partial charge in [-0.3, -0.25) is 4.79 Å². The maximum atomic E-state index is 10.7. The average Bonchev–Trinajstić information content (AvgIpc) is 2.42. The summed E-state index contributed by atoms with van der Waals surface area (Å²) in [5.41, 5.74) is 1.02. The van der Waals surface area contributed by atoms with Gasteiger partial charge in [-0.25, -0.2) is 0 Å². The molecule has 0 spiro atoms. The summed E-state index contributed by atoms with van der Waals surface area (Å²) in [6.07, 6.45) is 0. The predicted molar refractivity (Wildman–Crippen MR) is 73.3 cm³/mol. The van der Waals surface area contributed by atoms with Gasteiger partial charge in [-0.2, -0.15) is 0 Å². The predicted octanol–water partition coefficient (Wildman–Crippen LogP) is 3.58. The van der Waals surface area contributed by atoms with E-state index in [4.69, 9.17) is 9.47 Å². The molecule has 2 aromatic carbocycles. The molecule has 19 heavy (non-hydrogen) atoms. The molecule has 2 aromatic rings. The molecule has 0 bridgehead atoms. The summed E-state index contributed by atoms with van der Waals surface area (Å²) < 4.78 is 10.9. The van der Waals surface area contributed by atoms with Gasteiger partial charge in [-0.15, -0.1) is 0 Å². The Hall–Kier alpha value is -2.13. The monoisotopic (exact) mass is 256 g/mol. The lowest BCUT2D eigenvalue weighted by Gasteiger charge is -2.07. The van der Waals surface area contributed by atoms with Crippen molar-refractivity contribution in [3.63, 3.8) is 0 Å². The lowest BCUT2D eigenvalue weighted by atomic mass is 10.2. The standard InChI is InChI=1S/C16H16O3/c1-13(17)11-18-12-14-7-9-16(10-8-14)19-15-5-3-2-4-6-15/h2-10H,11-12H2,1H3. The zero-order chi connectivity index (χ0) is 13.5. The van der Waals surface area contributed by atoms with Crippen LogP contribution in [0.1, 0.15) is 12.5 Å². The largest absolute Gasteiger partial charge is 0.457 e. The average molecular weight is 256 g/mol. The Labute approximate surface area is 112 Å². The number of benzene rings is 2. The van der Waals surface area contributed by atoms with Gasteiger partial charge in [0, 0.05) is 0 Å². The Morgan fingerprint density at radius 3 is 2.21 bits per heavy atom. The first-order chi connectivity index (χ1) is 9.24. The molecule has 0 aliphatic heterocycles. The molecule has 0 amide bonds. The van der Waals surface area contributed by atoms with Crippen LogP contribution in [0.15, 0.2) is 54.6 Å². The van der Waals surface area contributed by atoms with Crippen molar-refractivity contribution < 1.29 is 14.3 Å². The highest BCUT2D eigenvalue weighted by Gasteiger charge is 1.99.